The van der Waals surface area contributed by atoms with Crippen molar-refractivity contribution in [2.75, 3.05) is 4.90 Å². The summed E-state index contributed by atoms with van der Waals surface area (Å²) < 4.78 is 6.40. The molecule has 3 nitrogen and oxygen atoms in total. The van der Waals surface area contributed by atoms with Crippen LogP contribution in [0.2, 0.25) is 0 Å². The lowest BCUT2D eigenvalue weighted by Gasteiger charge is -2.29. The van der Waals surface area contributed by atoms with Crippen molar-refractivity contribution in [2.45, 2.75) is 0 Å². The zero-order chi connectivity index (χ0) is 27.9. The van der Waals surface area contributed by atoms with Gasteiger partial charge in [0.2, 0.25) is 0 Å². The molecule has 0 amide bonds. The number of benzene rings is 6. The molecule has 0 fully saturated rings. The van der Waals surface area contributed by atoms with Gasteiger partial charge in [-0.25, -0.2) is 0 Å². The Morgan fingerprint density at radius 3 is 2.00 bits per heavy atom. The van der Waals surface area contributed by atoms with Crippen molar-refractivity contribution in [3.05, 3.63) is 158 Å². The summed E-state index contributed by atoms with van der Waals surface area (Å²) in [6.07, 6.45) is 1.83. The smallest absolute Gasteiger partial charge is 0.153 e. The second kappa shape index (κ2) is 10.1. The first kappa shape index (κ1) is 24.2. The zero-order valence-electron chi connectivity index (χ0n) is 22.8. The molecule has 198 valence electrons. The van der Waals surface area contributed by atoms with Gasteiger partial charge in [-0.2, -0.15) is 0 Å². The average molecular weight is 539 g/mol. The molecule has 0 aliphatic heterocycles. The van der Waals surface area contributed by atoms with Crippen LogP contribution in [0.25, 0.3) is 55.1 Å². The third kappa shape index (κ3) is 4.03. The van der Waals surface area contributed by atoms with Crippen LogP contribution in [0.4, 0.5) is 17.1 Å². The third-order valence-corrected chi connectivity index (χ3v) is 7.89. The van der Waals surface area contributed by atoms with Gasteiger partial charge in [-0.05, 0) is 53.1 Å². The molecule has 0 unspecified atom stereocenters. The largest absolute Gasteiger partial charge is 0.454 e. The Labute approximate surface area is 243 Å². The maximum absolute atomic E-state index is 6.40. The average Bonchev–Trinajstić information content (AvgIpc) is 3.45. The van der Waals surface area contributed by atoms with E-state index in [1.807, 2.05) is 18.3 Å². The van der Waals surface area contributed by atoms with E-state index in [1.54, 1.807) is 0 Å². The van der Waals surface area contributed by atoms with Crippen molar-refractivity contribution < 1.29 is 4.42 Å². The number of fused-ring (bicyclic) bond motifs is 5. The van der Waals surface area contributed by atoms with E-state index in [4.69, 9.17) is 9.40 Å². The number of nitrogens with zero attached hydrogens (tertiary/aromatic N) is 2. The number of anilines is 3. The Bertz CT molecular complexity index is 2200. The van der Waals surface area contributed by atoms with Gasteiger partial charge in [0.05, 0.1) is 11.4 Å². The van der Waals surface area contributed by atoms with Crippen LogP contribution >= 0.6 is 0 Å². The number of hydrogen-bond acceptors (Lipinski definition) is 3. The second-order valence-electron chi connectivity index (χ2n) is 10.4. The second-order valence-corrected chi connectivity index (χ2v) is 10.4. The highest BCUT2D eigenvalue weighted by Gasteiger charge is 2.22. The first-order valence-corrected chi connectivity index (χ1v) is 14.1. The fraction of sp³-hybridized carbons (Fsp3) is 0. The minimum Gasteiger partial charge on any atom is -0.454 e. The lowest BCUT2D eigenvalue weighted by molar-refractivity contribution is 0.672. The summed E-state index contributed by atoms with van der Waals surface area (Å²) in [5, 5.41) is 3.17. The highest BCUT2D eigenvalue weighted by Crippen LogP contribution is 2.47. The summed E-state index contributed by atoms with van der Waals surface area (Å²) in [5.74, 6) is 0. The van der Waals surface area contributed by atoms with Crippen molar-refractivity contribution in [1.29, 1.82) is 0 Å². The third-order valence-electron chi connectivity index (χ3n) is 7.89. The molecule has 0 bridgehead atoms. The first-order chi connectivity index (χ1) is 20.8. The van der Waals surface area contributed by atoms with Crippen LogP contribution in [0.15, 0.2) is 162 Å². The maximum atomic E-state index is 6.40. The van der Waals surface area contributed by atoms with Gasteiger partial charge in [0, 0.05) is 33.6 Å². The molecule has 8 aromatic rings. The molecule has 0 saturated heterocycles. The van der Waals surface area contributed by atoms with Crippen molar-refractivity contribution in [2.24, 2.45) is 0 Å². The molecule has 0 aliphatic carbocycles. The number of pyridine rings is 1. The van der Waals surface area contributed by atoms with Crippen molar-refractivity contribution in [1.82, 2.24) is 4.98 Å². The Morgan fingerprint density at radius 1 is 0.476 bits per heavy atom. The van der Waals surface area contributed by atoms with Crippen LogP contribution in [-0.2, 0) is 0 Å². The molecule has 0 N–H and O–H groups in total. The SMILES string of the molecule is c1ccc(-c2cccc(N(c3ccccc3-c3ccccc3)c3cc4c5ncccc5oc4c4ccccc34)c2)cc1. The van der Waals surface area contributed by atoms with E-state index in [0.29, 0.717) is 0 Å². The summed E-state index contributed by atoms with van der Waals surface area (Å²) >= 11 is 0. The molecular formula is C39H26N2O. The molecule has 3 heteroatoms. The Morgan fingerprint density at radius 2 is 1.17 bits per heavy atom. The van der Waals surface area contributed by atoms with E-state index in [0.717, 1.165) is 66.6 Å². The van der Waals surface area contributed by atoms with Gasteiger partial charge in [-0.1, -0.05) is 115 Å². The van der Waals surface area contributed by atoms with Gasteiger partial charge in [0.15, 0.2) is 5.58 Å². The van der Waals surface area contributed by atoms with Gasteiger partial charge >= 0.3 is 0 Å². The summed E-state index contributed by atoms with van der Waals surface area (Å²) in [7, 11) is 0. The van der Waals surface area contributed by atoms with Crippen LogP contribution in [0.3, 0.4) is 0 Å². The highest BCUT2D eigenvalue weighted by atomic mass is 16.3. The molecule has 8 rings (SSSR count). The normalized spacial score (nSPS) is 11.3. The van der Waals surface area contributed by atoms with Crippen LogP contribution < -0.4 is 4.90 Å². The van der Waals surface area contributed by atoms with Gasteiger partial charge in [-0.15, -0.1) is 0 Å². The fourth-order valence-electron chi connectivity index (χ4n) is 5.98. The van der Waals surface area contributed by atoms with E-state index < -0.39 is 0 Å². The Kier molecular flexibility index (Phi) is 5.79. The number of aromatic nitrogens is 1. The molecule has 42 heavy (non-hydrogen) atoms. The molecule has 2 heterocycles. The number of furan rings is 1. The van der Waals surface area contributed by atoms with Crippen molar-refractivity contribution >= 4 is 49.9 Å². The predicted molar refractivity (Wildman–Crippen MR) is 175 cm³/mol. The highest BCUT2D eigenvalue weighted by molar-refractivity contribution is 6.19. The Balaban J connectivity index is 1.47. The molecule has 0 saturated carbocycles. The topological polar surface area (TPSA) is 29.3 Å². The molecule has 0 spiro atoms. The van der Waals surface area contributed by atoms with Crippen LogP contribution in [-0.4, -0.2) is 4.98 Å². The molecule has 0 aliphatic rings. The van der Waals surface area contributed by atoms with Gasteiger partial charge in [0.1, 0.15) is 11.1 Å². The van der Waals surface area contributed by atoms with Gasteiger partial charge in [-0.3, -0.25) is 4.98 Å². The first-order valence-electron chi connectivity index (χ1n) is 14.1. The van der Waals surface area contributed by atoms with Crippen molar-refractivity contribution in [3.63, 3.8) is 0 Å². The van der Waals surface area contributed by atoms with E-state index in [2.05, 4.69) is 144 Å². The standard InChI is InChI=1S/C39H26N2O/c1-3-13-27(14-4-1)29-17-11-18-30(25-29)41(35-22-10-9-19-31(35)28-15-5-2-6-16-28)36-26-34-38-37(23-12-24-40-38)42-39(34)33-21-8-7-20-32(33)36/h1-26H. The zero-order valence-corrected chi connectivity index (χ0v) is 22.8. The molecular weight excluding hydrogens is 512 g/mol. The van der Waals surface area contributed by atoms with E-state index in [1.165, 1.54) is 5.56 Å². The lowest BCUT2D eigenvalue weighted by Crippen LogP contribution is -2.12. The summed E-state index contributed by atoms with van der Waals surface area (Å²) in [4.78, 5) is 7.12. The van der Waals surface area contributed by atoms with E-state index in [-0.39, 0.29) is 0 Å². The lowest BCUT2D eigenvalue weighted by atomic mass is 9.98. The van der Waals surface area contributed by atoms with Crippen LogP contribution in [0, 0.1) is 0 Å². The number of rotatable bonds is 5. The molecule has 0 atom stereocenters. The molecule has 0 radical (unpaired) electrons. The van der Waals surface area contributed by atoms with E-state index in [9.17, 15) is 0 Å². The van der Waals surface area contributed by atoms with Gasteiger partial charge < -0.3 is 9.32 Å². The predicted octanol–water partition coefficient (Wildman–Crippen LogP) is 10.9. The maximum Gasteiger partial charge on any atom is 0.153 e. The monoisotopic (exact) mass is 538 g/mol. The van der Waals surface area contributed by atoms with Crippen LogP contribution in [0.1, 0.15) is 0 Å². The minimum absolute atomic E-state index is 0.789. The molecule has 2 aromatic heterocycles. The fourth-order valence-corrected chi connectivity index (χ4v) is 5.98. The van der Waals surface area contributed by atoms with Gasteiger partial charge in [0.25, 0.3) is 0 Å². The Hall–Kier alpha value is -5.67. The number of hydrogen-bond donors (Lipinski definition) is 0. The number of para-hydroxylation sites is 1. The van der Waals surface area contributed by atoms with E-state index >= 15 is 0 Å². The van der Waals surface area contributed by atoms with Crippen LogP contribution in [0.5, 0.6) is 0 Å². The summed E-state index contributed by atoms with van der Waals surface area (Å²) in [6, 6.07) is 53.2. The minimum atomic E-state index is 0.789. The summed E-state index contributed by atoms with van der Waals surface area (Å²) in [6.45, 7) is 0. The molecule has 6 aromatic carbocycles. The van der Waals surface area contributed by atoms with Crippen molar-refractivity contribution in [3.8, 4) is 22.3 Å². The quantitative estimate of drug-likeness (QED) is 0.218. The summed E-state index contributed by atoms with van der Waals surface area (Å²) in [5.41, 5.74) is 10.4.